The standard InChI is InChI=1S/C32H25ClN4O5S/c1-3-42-31(39)28-19(2)34-32-36(29(28)21-10-12-23(33)13-11-21)30(38)27(43-32)16-22-18-35(26-7-5-4-6-25(22)26)17-20-8-14-24(15-9-20)37(40)41/h4-16,18,29H,3,17H2,1-2H3/b27-16+/t29-/m1/s1. The number of para-hydroxylation sites is 1. The lowest BCUT2D eigenvalue weighted by Crippen LogP contribution is -2.39. The fourth-order valence-corrected chi connectivity index (χ4v) is 6.50. The van der Waals surface area contributed by atoms with Gasteiger partial charge in [-0.1, -0.05) is 65.4 Å². The number of nitrogens with zero attached hydrogens (tertiary/aromatic N) is 4. The molecule has 0 spiro atoms. The maximum Gasteiger partial charge on any atom is 0.338 e. The number of benzene rings is 3. The number of aromatic nitrogens is 2. The van der Waals surface area contributed by atoms with Gasteiger partial charge in [0, 0.05) is 46.4 Å². The molecule has 0 fully saturated rings. The first-order valence-electron chi connectivity index (χ1n) is 13.5. The van der Waals surface area contributed by atoms with Crippen molar-refractivity contribution < 1.29 is 14.5 Å². The predicted molar refractivity (Wildman–Crippen MR) is 166 cm³/mol. The number of ether oxygens (including phenoxy) is 1. The van der Waals surface area contributed by atoms with Crippen LogP contribution in [0.2, 0.25) is 5.02 Å². The van der Waals surface area contributed by atoms with E-state index in [9.17, 15) is 19.7 Å². The first-order chi connectivity index (χ1) is 20.7. The van der Waals surface area contributed by atoms with Crippen LogP contribution in [0.4, 0.5) is 5.69 Å². The molecule has 9 nitrogen and oxygen atoms in total. The normalized spacial score (nSPS) is 15.0. The molecule has 0 saturated heterocycles. The van der Waals surface area contributed by atoms with Crippen molar-refractivity contribution in [1.82, 2.24) is 9.13 Å². The van der Waals surface area contributed by atoms with Gasteiger partial charge in [-0.2, -0.15) is 0 Å². The molecule has 0 unspecified atom stereocenters. The molecule has 1 aliphatic heterocycles. The largest absolute Gasteiger partial charge is 0.463 e. The monoisotopic (exact) mass is 612 g/mol. The summed E-state index contributed by atoms with van der Waals surface area (Å²) in [7, 11) is 0. The number of non-ortho nitro benzene ring substituents is 1. The van der Waals surface area contributed by atoms with Crippen molar-refractivity contribution in [3.63, 3.8) is 0 Å². The van der Waals surface area contributed by atoms with Gasteiger partial charge in [-0.3, -0.25) is 19.5 Å². The maximum absolute atomic E-state index is 14.0. The molecule has 1 aliphatic rings. The zero-order valence-corrected chi connectivity index (χ0v) is 24.8. The van der Waals surface area contributed by atoms with Crippen LogP contribution in [-0.2, 0) is 16.1 Å². The average molecular weight is 613 g/mol. The van der Waals surface area contributed by atoms with Crippen molar-refractivity contribution in [2.45, 2.75) is 26.4 Å². The molecule has 3 heterocycles. The van der Waals surface area contributed by atoms with Crippen LogP contribution in [0.25, 0.3) is 17.0 Å². The summed E-state index contributed by atoms with van der Waals surface area (Å²) in [5, 5.41) is 12.6. The molecule has 0 bridgehead atoms. The lowest BCUT2D eigenvalue weighted by molar-refractivity contribution is -0.384. The van der Waals surface area contributed by atoms with Gasteiger partial charge in [-0.25, -0.2) is 9.79 Å². The summed E-state index contributed by atoms with van der Waals surface area (Å²) in [5.74, 6) is -0.521. The summed E-state index contributed by atoms with van der Waals surface area (Å²) in [5.41, 5.74) is 3.98. The van der Waals surface area contributed by atoms with Gasteiger partial charge in [-0.15, -0.1) is 0 Å². The van der Waals surface area contributed by atoms with E-state index in [-0.39, 0.29) is 17.9 Å². The zero-order valence-electron chi connectivity index (χ0n) is 23.2. The second-order valence-electron chi connectivity index (χ2n) is 10.0. The third kappa shape index (κ3) is 5.31. The Kier molecular flexibility index (Phi) is 7.55. The Bertz CT molecular complexity index is 2110. The number of carbonyl (C=O) groups is 1. The molecule has 6 rings (SSSR count). The third-order valence-corrected chi connectivity index (χ3v) is 8.54. The van der Waals surface area contributed by atoms with Crippen LogP contribution in [0.15, 0.2) is 100 Å². The quantitative estimate of drug-likeness (QED) is 0.140. The molecule has 0 amide bonds. The number of hydrogen-bond donors (Lipinski definition) is 0. The summed E-state index contributed by atoms with van der Waals surface area (Å²) in [6.07, 6.45) is 3.82. The molecule has 0 N–H and O–H groups in total. The molecule has 0 aliphatic carbocycles. The van der Waals surface area contributed by atoms with Crippen LogP contribution < -0.4 is 14.9 Å². The molecular formula is C32H25ClN4O5S. The molecule has 5 aromatic rings. The fraction of sp³-hybridized carbons (Fsp3) is 0.156. The molecule has 43 heavy (non-hydrogen) atoms. The van der Waals surface area contributed by atoms with E-state index in [2.05, 4.69) is 9.56 Å². The molecule has 216 valence electrons. The van der Waals surface area contributed by atoms with Crippen LogP contribution in [0, 0.1) is 10.1 Å². The summed E-state index contributed by atoms with van der Waals surface area (Å²) >= 11 is 7.41. The van der Waals surface area contributed by atoms with Gasteiger partial charge in [-0.05, 0) is 49.2 Å². The molecule has 1 atom stereocenters. The number of rotatable bonds is 7. The van der Waals surface area contributed by atoms with Gasteiger partial charge in [0.25, 0.3) is 11.2 Å². The highest BCUT2D eigenvalue weighted by Gasteiger charge is 2.33. The van der Waals surface area contributed by atoms with E-state index >= 15 is 0 Å². The van der Waals surface area contributed by atoms with Gasteiger partial charge in [0.15, 0.2) is 4.80 Å². The lowest BCUT2D eigenvalue weighted by Gasteiger charge is -2.24. The van der Waals surface area contributed by atoms with E-state index in [0.717, 1.165) is 22.0 Å². The number of halogens is 1. The van der Waals surface area contributed by atoms with Crippen molar-refractivity contribution >= 4 is 51.6 Å². The molecule has 11 heteroatoms. The minimum absolute atomic E-state index is 0.0374. The fourth-order valence-electron chi connectivity index (χ4n) is 5.33. The van der Waals surface area contributed by atoms with Crippen LogP contribution >= 0.6 is 22.9 Å². The third-order valence-electron chi connectivity index (χ3n) is 7.31. The van der Waals surface area contributed by atoms with Crippen LogP contribution in [-0.4, -0.2) is 26.6 Å². The molecule has 0 saturated carbocycles. The van der Waals surface area contributed by atoms with Gasteiger partial charge < -0.3 is 9.30 Å². The Labute approximate surface area is 254 Å². The predicted octanol–water partition coefficient (Wildman–Crippen LogP) is 5.36. The second kappa shape index (κ2) is 11.5. The van der Waals surface area contributed by atoms with E-state index in [1.807, 2.05) is 36.5 Å². The van der Waals surface area contributed by atoms with E-state index in [0.29, 0.717) is 37.7 Å². The number of allylic oxidation sites excluding steroid dienone is 1. The summed E-state index contributed by atoms with van der Waals surface area (Å²) in [4.78, 5) is 42.9. The Balaban J connectivity index is 1.48. The second-order valence-corrected chi connectivity index (χ2v) is 11.5. The van der Waals surface area contributed by atoms with E-state index in [1.54, 1.807) is 54.8 Å². The lowest BCUT2D eigenvalue weighted by atomic mass is 9.96. The van der Waals surface area contributed by atoms with Crippen molar-refractivity contribution in [3.8, 4) is 0 Å². The van der Waals surface area contributed by atoms with Gasteiger partial charge in [0.2, 0.25) is 0 Å². The average Bonchev–Trinajstić information content (AvgIpc) is 3.49. The van der Waals surface area contributed by atoms with Crippen molar-refractivity contribution in [2.24, 2.45) is 4.99 Å². The number of fused-ring (bicyclic) bond motifs is 2. The first-order valence-corrected chi connectivity index (χ1v) is 14.7. The molecule has 3 aromatic carbocycles. The molecule has 0 radical (unpaired) electrons. The number of thiazole rings is 1. The van der Waals surface area contributed by atoms with Gasteiger partial charge in [0.1, 0.15) is 0 Å². The minimum Gasteiger partial charge on any atom is -0.463 e. The Morgan fingerprint density at radius 3 is 2.53 bits per heavy atom. The SMILES string of the molecule is CCOC(=O)C1=C(C)N=c2s/c(=C/c3cn(Cc4ccc([N+](=O)[O-])cc4)c4ccccc34)c(=O)n2[C@@H]1c1ccc(Cl)cc1. The van der Waals surface area contributed by atoms with Crippen molar-refractivity contribution in [1.29, 1.82) is 0 Å². The first kappa shape index (κ1) is 28.3. The number of hydrogen-bond acceptors (Lipinski definition) is 7. The van der Waals surface area contributed by atoms with Gasteiger partial charge >= 0.3 is 5.97 Å². The highest BCUT2D eigenvalue weighted by Crippen LogP contribution is 2.31. The number of nitro groups is 1. The molecule has 2 aromatic heterocycles. The van der Waals surface area contributed by atoms with E-state index in [4.69, 9.17) is 16.3 Å². The smallest absolute Gasteiger partial charge is 0.338 e. The van der Waals surface area contributed by atoms with Crippen molar-refractivity contribution in [3.05, 3.63) is 142 Å². The van der Waals surface area contributed by atoms with E-state index < -0.39 is 16.9 Å². The Morgan fingerprint density at radius 1 is 1.12 bits per heavy atom. The zero-order chi connectivity index (χ0) is 30.2. The number of nitro benzene ring substituents is 1. The Morgan fingerprint density at radius 2 is 1.84 bits per heavy atom. The highest BCUT2D eigenvalue weighted by atomic mass is 35.5. The van der Waals surface area contributed by atoms with Crippen LogP contribution in [0.1, 0.15) is 36.6 Å². The molecular weight excluding hydrogens is 588 g/mol. The number of carbonyl (C=O) groups excluding carboxylic acids is 1. The minimum atomic E-state index is -0.724. The van der Waals surface area contributed by atoms with Crippen molar-refractivity contribution in [2.75, 3.05) is 6.61 Å². The highest BCUT2D eigenvalue weighted by molar-refractivity contribution is 7.07. The Hall–Kier alpha value is -4.80. The summed E-state index contributed by atoms with van der Waals surface area (Å²) in [6.45, 7) is 4.17. The summed E-state index contributed by atoms with van der Waals surface area (Å²) in [6, 6.07) is 20.7. The number of esters is 1. The topological polar surface area (TPSA) is 109 Å². The van der Waals surface area contributed by atoms with Crippen LogP contribution in [0.3, 0.4) is 0 Å². The van der Waals surface area contributed by atoms with Gasteiger partial charge in [0.05, 0.1) is 33.4 Å². The van der Waals surface area contributed by atoms with Crippen LogP contribution in [0.5, 0.6) is 0 Å². The maximum atomic E-state index is 14.0. The van der Waals surface area contributed by atoms with E-state index in [1.165, 1.54) is 23.5 Å². The summed E-state index contributed by atoms with van der Waals surface area (Å²) < 4.78 is 9.44.